The van der Waals surface area contributed by atoms with E-state index in [0.29, 0.717) is 12.3 Å². The second kappa shape index (κ2) is 7.83. The largest absolute Gasteiger partial charge is 0.464 e. The standard InChI is InChI=1S/C20H23N3O2S/c1-14-5-8-18(15(2)11-14)23-10-9-21-20(23)26-13-19(24)22(4)12-17-7-6-16(3)25-17/h5-11H,12-13H2,1-4H3. The van der Waals surface area contributed by atoms with E-state index in [-0.39, 0.29) is 5.91 Å². The molecule has 1 aromatic carbocycles. The van der Waals surface area contributed by atoms with Gasteiger partial charge in [-0.1, -0.05) is 29.5 Å². The van der Waals surface area contributed by atoms with E-state index < -0.39 is 0 Å². The Bertz CT molecular complexity index is 913. The first kappa shape index (κ1) is 18.3. The van der Waals surface area contributed by atoms with Crippen LogP contribution in [0.1, 0.15) is 22.6 Å². The van der Waals surface area contributed by atoms with Crippen LogP contribution >= 0.6 is 11.8 Å². The fourth-order valence-electron chi connectivity index (χ4n) is 2.78. The Morgan fingerprint density at radius 3 is 2.73 bits per heavy atom. The molecule has 2 heterocycles. The summed E-state index contributed by atoms with van der Waals surface area (Å²) in [4.78, 5) is 18.5. The molecule has 0 saturated heterocycles. The Kier molecular flexibility index (Phi) is 5.52. The lowest BCUT2D eigenvalue weighted by Gasteiger charge is -2.16. The predicted molar refractivity (Wildman–Crippen MR) is 104 cm³/mol. The molecular weight excluding hydrogens is 346 g/mol. The fourth-order valence-corrected chi connectivity index (χ4v) is 3.69. The zero-order chi connectivity index (χ0) is 18.7. The molecule has 0 unspecified atom stereocenters. The second-order valence-corrected chi connectivity index (χ2v) is 7.36. The quantitative estimate of drug-likeness (QED) is 0.613. The number of imidazole rings is 1. The second-order valence-electron chi connectivity index (χ2n) is 6.42. The Balaban J connectivity index is 1.65. The predicted octanol–water partition coefficient (Wildman–Crippen LogP) is 4.14. The van der Waals surface area contributed by atoms with Gasteiger partial charge in [0.15, 0.2) is 5.16 Å². The first-order valence-electron chi connectivity index (χ1n) is 8.47. The van der Waals surface area contributed by atoms with Crippen LogP contribution in [-0.4, -0.2) is 33.2 Å². The minimum absolute atomic E-state index is 0.0410. The summed E-state index contributed by atoms with van der Waals surface area (Å²) >= 11 is 1.44. The maximum absolute atomic E-state index is 12.4. The third-order valence-electron chi connectivity index (χ3n) is 4.16. The van der Waals surface area contributed by atoms with Crippen LogP contribution in [0.25, 0.3) is 5.69 Å². The maximum Gasteiger partial charge on any atom is 0.233 e. The van der Waals surface area contributed by atoms with Crippen molar-refractivity contribution in [2.45, 2.75) is 32.5 Å². The summed E-state index contributed by atoms with van der Waals surface area (Å²) in [7, 11) is 1.79. The zero-order valence-electron chi connectivity index (χ0n) is 15.5. The number of hydrogen-bond donors (Lipinski definition) is 0. The Morgan fingerprint density at radius 2 is 2.04 bits per heavy atom. The molecule has 0 aliphatic heterocycles. The molecule has 0 fully saturated rings. The van der Waals surface area contributed by atoms with E-state index in [9.17, 15) is 4.79 Å². The van der Waals surface area contributed by atoms with Crippen LogP contribution in [0.5, 0.6) is 0 Å². The number of rotatable bonds is 6. The van der Waals surface area contributed by atoms with Crippen molar-refractivity contribution in [1.82, 2.24) is 14.5 Å². The van der Waals surface area contributed by atoms with Gasteiger partial charge < -0.3 is 9.32 Å². The highest BCUT2D eigenvalue weighted by molar-refractivity contribution is 7.99. The normalized spacial score (nSPS) is 10.9. The van der Waals surface area contributed by atoms with Crippen LogP contribution in [0.3, 0.4) is 0 Å². The average molecular weight is 369 g/mol. The van der Waals surface area contributed by atoms with Crippen molar-refractivity contribution in [1.29, 1.82) is 0 Å². The highest BCUT2D eigenvalue weighted by atomic mass is 32.2. The maximum atomic E-state index is 12.4. The van der Waals surface area contributed by atoms with Crippen molar-refractivity contribution in [3.63, 3.8) is 0 Å². The molecule has 0 atom stereocenters. The Labute approximate surface area is 158 Å². The summed E-state index contributed by atoms with van der Waals surface area (Å²) in [5, 5.41) is 0.813. The molecule has 0 N–H and O–H groups in total. The summed E-state index contributed by atoms with van der Waals surface area (Å²) in [5.41, 5.74) is 3.49. The summed E-state index contributed by atoms with van der Waals surface area (Å²) in [5.74, 6) is 2.02. The molecule has 26 heavy (non-hydrogen) atoms. The SMILES string of the molecule is Cc1ccc(-n2ccnc2SCC(=O)N(C)Cc2ccc(C)o2)c(C)c1. The average Bonchev–Trinajstić information content (AvgIpc) is 3.21. The van der Waals surface area contributed by atoms with Crippen LogP contribution < -0.4 is 0 Å². The molecular formula is C20H23N3O2S. The number of thioether (sulfide) groups is 1. The molecule has 0 bridgehead atoms. The van der Waals surface area contributed by atoms with Gasteiger partial charge in [-0.25, -0.2) is 4.98 Å². The van der Waals surface area contributed by atoms with E-state index in [1.807, 2.05) is 29.8 Å². The molecule has 136 valence electrons. The Hall–Kier alpha value is -2.47. The summed E-state index contributed by atoms with van der Waals surface area (Å²) in [6.45, 7) is 6.53. The van der Waals surface area contributed by atoms with E-state index in [4.69, 9.17) is 4.42 Å². The van der Waals surface area contributed by atoms with Crippen LogP contribution in [0.15, 0.2) is 52.3 Å². The lowest BCUT2D eigenvalue weighted by atomic mass is 10.1. The molecule has 0 aliphatic carbocycles. The van der Waals surface area contributed by atoms with Gasteiger partial charge in [0.1, 0.15) is 11.5 Å². The third kappa shape index (κ3) is 4.19. The van der Waals surface area contributed by atoms with Crippen molar-refractivity contribution in [2.24, 2.45) is 0 Å². The smallest absolute Gasteiger partial charge is 0.233 e. The van der Waals surface area contributed by atoms with Gasteiger partial charge >= 0.3 is 0 Å². The number of nitrogens with zero attached hydrogens (tertiary/aromatic N) is 3. The summed E-state index contributed by atoms with van der Waals surface area (Å²) in [6.07, 6.45) is 3.70. The lowest BCUT2D eigenvalue weighted by Crippen LogP contribution is -2.27. The molecule has 1 amide bonds. The van der Waals surface area contributed by atoms with Gasteiger partial charge in [-0.3, -0.25) is 9.36 Å². The van der Waals surface area contributed by atoms with E-state index in [1.165, 1.54) is 22.9 Å². The molecule has 3 rings (SSSR count). The zero-order valence-corrected chi connectivity index (χ0v) is 16.3. The number of aryl methyl sites for hydroxylation is 3. The Morgan fingerprint density at radius 1 is 1.23 bits per heavy atom. The minimum Gasteiger partial charge on any atom is -0.464 e. The molecule has 0 spiro atoms. The number of benzene rings is 1. The van der Waals surface area contributed by atoms with Gasteiger partial charge in [0.2, 0.25) is 5.91 Å². The summed E-state index contributed by atoms with van der Waals surface area (Å²) in [6, 6.07) is 10.1. The van der Waals surface area contributed by atoms with E-state index in [2.05, 4.69) is 37.0 Å². The van der Waals surface area contributed by atoms with Gasteiger partial charge in [-0.15, -0.1) is 0 Å². The van der Waals surface area contributed by atoms with Gasteiger partial charge in [0.25, 0.3) is 0 Å². The molecule has 0 saturated carbocycles. The van der Waals surface area contributed by atoms with Gasteiger partial charge in [0.05, 0.1) is 18.0 Å². The number of furan rings is 1. The fraction of sp³-hybridized carbons (Fsp3) is 0.300. The van der Waals surface area contributed by atoms with Gasteiger partial charge in [-0.2, -0.15) is 0 Å². The first-order chi connectivity index (χ1) is 12.4. The first-order valence-corrected chi connectivity index (χ1v) is 9.45. The highest BCUT2D eigenvalue weighted by Crippen LogP contribution is 2.23. The van der Waals surface area contributed by atoms with Crippen LogP contribution in [0, 0.1) is 20.8 Å². The monoisotopic (exact) mass is 369 g/mol. The molecule has 6 heteroatoms. The minimum atomic E-state index is 0.0410. The topological polar surface area (TPSA) is 51.3 Å². The number of hydrogen-bond acceptors (Lipinski definition) is 4. The third-order valence-corrected chi connectivity index (χ3v) is 5.11. The van der Waals surface area contributed by atoms with E-state index in [0.717, 1.165) is 22.4 Å². The van der Waals surface area contributed by atoms with Crippen molar-refractivity contribution in [3.8, 4) is 5.69 Å². The number of carbonyl (C=O) groups excluding carboxylic acids is 1. The van der Waals surface area contributed by atoms with Crippen molar-refractivity contribution in [2.75, 3.05) is 12.8 Å². The van der Waals surface area contributed by atoms with Gasteiger partial charge in [0, 0.05) is 19.4 Å². The molecule has 0 aliphatic rings. The molecule has 3 aromatic rings. The lowest BCUT2D eigenvalue weighted by molar-refractivity contribution is -0.127. The molecule has 5 nitrogen and oxygen atoms in total. The number of amides is 1. The van der Waals surface area contributed by atoms with Gasteiger partial charge in [-0.05, 0) is 44.5 Å². The van der Waals surface area contributed by atoms with Crippen LogP contribution in [0.4, 0.5) is 0 Å². The summed E-state index contributed by atoms with van der Waals surface area (Å²) < 4.78 is 7.57. The van der Waals surface area contributed by atoms with Crippen molar-refractivity contribution >= 4 is 17.7 Å². The molecule has 2 aromatic heterocycles. The van der Waals surface area contributed by atoms with Crippen LogP contribution in [-0.2, 0) is 11.3 Å². The van der Waals surface area contributed by atoms with E-state index >= 15 is 0 Å². The van der Waals surface area contributed by atoms with Crippen molar-refractivity contribution in [3.05, 3.63) is 65.4 Å². The van der Waals surface area contributed by atoms with Crippen molar-refractivity contribution < 1.29 is 9.21 Å². The number of aromatic nitrogens is 2. The highest BCUT2D eigenvalue weighted by Gasteiger charge is 2.14. The van der Waals surface area contributed by atoms with Crippen LogP contribution in [0.2, 0.25) is 0 Å². The number of carbonyl (C=O) groups is 1. The van der Waals surface area contributed by atoms with E-state index in [1.54, 1.807) is 18.1 Å². The molecule has 0 radical (unpaired) electrons.